The number of nitrogens with zero attached hydrogens (tertiary/aromatic N) is 4. The SMILES string of the molecule is CNCCCNC(=O)c1nc2nc(C)cc(C)n2n1.Cl.Cl. The number of nitrogens with one attached hydrogen (secondary N) is 2. The van der Waals surface area contributed by atoms with E-state index in [1.54, 1.807) is 4.52 Å². The van der Waals surface area contributed by atoms with Crippen molar-refractivity contribution in [3.8, 4) is 0 Å². The lowest BCUT2D eigenvalue weighted by Gasteiger charge is -2.01. The zero-order valence-corrected chi connectivity index (χ0v) is 13.8. The molecule has 0 aliphatic heterocycles. The zero-order valence-electron chi connectivity index (χ0n) is 12.2. The first kappa shape index (κ1) is 19.6. The second-order valence-corrected chi connectivity index (χ2v) is 4.40. The van der Waals surface area contributed by atoms with Gasteiger partial charge in [-0.15, -0.1) is 29.9 Å². The van der Waals surface area contributed by atoms with Crippen molar-refractivity contribution < 1.29 is 4.79 Å². The van der Waals surface area contributed by atoms with Gasteiger partial charge < -0.3 is 10.6 Å². The van der Waals surface area contributed by atoms with Gasteiger partial charge in [-0.2, -0.15) is 4.98 Å². The molecule has 0 atom stereocenters. The van der Waals surface area contributed by atoms with Crippen LogP contribution in [0.1, 0.15) is 28.4 Å². The Hall–Kier alpha value is -1.44. The molecule has 2 aromatic heterocycles. The molecule has 0 bridgehead atoms. The van der Waals surface area contributed by atoms with Crippen LogP contribution >= 0.6 is 24.8 Å². The molecule has 0 aliphatic rings. The van der Waals surface area contributed by atoms with Gasteiger partial charge >= 0.3 is 0 Å². The van der Waals surface area contributed by atoms with Crippen LogP contribution in [0.25, 0.3) is 5.78 Å². The molecule has 0 saturated heterocycles. The number of aromatic nitrogens is 4. The summed E-state index contributed by atoms with van der Waals surface area (Å²) in [7, 11) is 1.88. The summed E-state index contributed by atoms with van der Waals surface area (Å²) in [4.78, 5) is 20.3. The molecule has 0 aliphatic carbocycles. The molecular weight excluding hydrogens is 315 g/mol. The number of amides is 1. The van der Waals surface area contributed by atoms with Crippen molar-refractivity contribution in [2.24, 2.45) is 0 Å². The first-order valence-corrected chi connectivity index (χ1v) is 6.25. The predicted octanol–water partition coefficient (Wildman–Crippen LogP) is 0.924. The summed E-state index contributed by atoms with van der Waals surface area (Å²) in [6, 6.07) is 1.90. The minimum absolute atomic E-state index is 0. The van der Waals surface area contributed by atoms with E-state index in [0.29, 0.717) is 12.3 Å². The van der Waals surface area contributed by atoms with Gasteiger partial charge in [0.2, 0.25) is 5.82 Å². The molecular formula is C12H20Cl2N6O. The highest BCUT2D eigenvalue weighted by molar-refractivity contribution is 5.90. The summed E-state index contributed by atoms with van der Waals surface area (Å²) in [6.07, 6.45) is 0.867. The average molecular weight is 335 g/mol. The molecule has 7 nitrogen and oxygen atoms in total. The van der Waals surface area contributed by atoms with E-state index in [4.69, 9.17) is 0 Å². The fourth-order valence-electron chi connectivity index (χ4n) is 1.81. The third-order valence-electron chi connectivity index (χ3n) is 2.71. The minimum atomic E-state index is -0.265. The van der Waals surface area contributed by atoms with Gasteiger partial charge in [0.25, 0.3) is 11.7 Å². The van der Waals surface area contributed by atoms with Crippen molar-refractivity contribution in [3.63, 3.8) is 0 Å². The summed E-state index contributed by atoms with van der Waals surface area (Å²) >= 11 is 0. The molecule has 0 spiro atoms. The highest BCUT2D eigenvalue weighted by Gasteiger charge is 2.14. The van der Waals surface area contributed by atoms with E-state index >= 15 is 0 Å². The van der Waals surface area contributed by atoms with Crippen molar-refractivity contribution in [3.05, 3.63) is 23.3 Å². The Labute approximate surface area is 135 Å². The predicted molar refractivity (Wildman–Crippen MR) is 85.6 cm³/mol. The van der Waals surface area contributed by atoms with Crippen molar-refractivity contribution >= 4 is 36.5 Å². The average Bonchev–Trinajstić information content (AvgIpc) is 2.78. The van der Waals surface area contributed by atoms with Crippen LogP contribution in [0.5, 0.6) is 0 Å². The smallest absolute Gasteiger partial charge is 0.291 e. The number of aryl methyl sites for hydroxylation is 2. The molecule has 2 rings (SSSR count). The Bertz CT molecular complexity index is 601. The topological polar surface area (TPSA) is 84.2 Å². The molecule has 21 heavy (non-hydrogen) atoms. The number of rotatable bonds is 5. The normalized spacial score (nSPS) is 9.86. The second kappa shape index (κ2) is 8.76. The summed E-state index contributed by atoms with van der Waals surface area (Å²) in [5, 5.41) is 9.97. The Morgan fingerprint density at radius 3 is 2.62 bits per heavy atom. The van der Waals surface area contributed by atoms with Crippen LogP contribution in [0, 0.1) is 13.8 Å². The number of hydrogen-bond acceptors (Lipinski definition) is 5. The largest absolute Gasteiger partial charge is 0.349 e. The van der Waals surface area contributed by atoms with Gasteiger partial charge in [0.05, 0.1) is 0 Å². The Kier molecular flexibility index (Phi) is 8.16. The fourth-order valence-corrected chi connectivity index (χ4v) is 1.81. The zero-order chi connectivity index (χ0) is 13.8. The van der Waals surface area contributed by atoms with Crippen LogP contribution in [0.2, 0.25) is 0 Å². The molecule has 0 saturated carbocycles. The van der Waals surface area contributed by atoms with E-state index in [1.807, 2.05) is 27.0 Å². The van der Waals surface area contributed by atoms with E-state index < -0.39 is 0 Å². The van der Waals surface area contributed by atoms with E-state index in [9.17, 15) is 4.79 Å². The molecule has 0 radical (unpaired) electrons. The van der Waals surface area contributed by atoms with Gasteiger partial charge in [0, 0.05) is 17.9 Å². The fraction of sp³-hybridized carbons (Fsp3) is 0.500. The standard InChI is InChI=1S/C12H18N6O.2ClH/c1-8-7-9(2)18-12(15-8)16-10(17-18)11(19)14-6-4-5-13-3;;/h7,13H,4-6H2,1-3H3,(H,14,19);2*1H. The van der Waals surface area contributed by atoms with Crippen molar-refractivity contribution in [1.82, 2.24) is 30.2 Å². The number of carbonyl (C=O) groups is 1. The van der Waals surface area contributed by atoms with Gasteiger partial charge in [0.1, 0.15) is 0 Å². The van der Waals surface area contributed by atoms with E-state index in [1.165, 1.54) is 0 Å². The number of halogens is 2. The molecule has 0 aromatic carbocycles. The summed E-state index contributed by atoms with van der Waals surface area (Å²) < 4.78 is 1.58. The lowest BCUT2D eigenvalue weighted by atomic mass is 10.4. The highest BCUT2D eigenvalue weighted by atomic mass is 35.5. The third kappa shape index (κ3) is 4.80. The second-order valence-electron chi connectivity index (χ2n) is 4.40. The van der Waals surface area contributed by atoms with Crippen molar-refractivity contribution in [1.29, 1.82) is 0 Å². The monoisotopic (exact) mass is 334 g/mol. The summed E-state index contributed by atoms with van der Waals surface area (Å²) in [6.45, 7) is 5.25. The Morgan fingerprint density at radius 2 is 1.95 bits per heavy atom. The van der Waals surface area contributed by atoms with Crippen molar-refractivity contribution in [2.45, 2.75) is 20.3 Å². The highest BCUT2D eigenvalue weighted by Crippen LogP contribution is 2.05. The lowest BCUT2D eigenvalue weighted by Crippen LogP contribution is -2.27. The van der Waals surface area contributed by atoms with Gasteiger partial charge in [-0.1, -0.05) is 0 Å². The number of carbonyl (C=O) groups excluding carboxylic acids is 1. The lowest BCUT2D eigenvalue weighted by molar-refractivity contribution is 0.0943. The maximum absolute atomic E-state index is 11.9. The molecule has 1 amide bonds. The van der Waals surface area contributed by atoms with Crippen LogP contribution in [-0.4, -0.2) is 45.6 Å². The van der Waals surface area contributed by atoms with E-state index in [0.717, 1.165) is 24.4 Å². The molecule has 2 N–H and O–H groups in total. The Morgan fingerprint density at radius 1 is 1.24 bits per heavy atom. The van der Waals surface area contributed by atoms with Crippen LogP contribution in [0.3, 0.4) is 0 Å². The molecule has 118 valence electrons. The summed E-state index contributed by atoms with van der Waals surface area (Å²) in [5.41, 5.74) is 1.77. The van der Waals surface area contributed by atoms with Gasteiger partial charge in [-0.05, 0) is 39.9 Å². The van der Waals surface area contributed by atoms with E-state index in [-0.39, 0.29) is 36.5 Å². The maximum Gasteiger partial charge on any atom is 0.291 e. The third-order valence-corrected chi connectivity index (χ3v) is 2.71. The molecule has 0 unspecified atom stereocenters. The van der Waals surface area contributed by atoms with Crippen molar-refractivity contribution in [2.75, 3.05) is 20.1 Å². The summed E-state index contributed by atoms with van der Waals surface area (Å²) in [5.74, 6) is 0.349. The van der Waals surface area contributed by atoms with Crippen LogP contribution in [0.4, 0.5) is 0 Å². The maximum atomic E-state index is 11.9. The van der Waals surface area contributed by atoms with Gasteiger partial charge in [-0.25, -0.2) is 9.50 Å². The van der Waals surface area contributed by atoms with Crippen LogP contribution in [0.15, 0.2) is 6.07 Å². The molecule has 2 heterocycles. The van der Waals surface area contributed by atoms with E-state index in [2.05, 4.69) is 25.7 Å². The van der Waals surface area contributed by atoms with Gasteiger partial charge in [-0.3, -0.25) is 4.79 Å². The first-order chi connectivity index (χ1) is 9.11. The first-order valence-electron chi connectivity index (χ1n) is 6.25. The molecule has 0 fully saturated rings. The number of hydrogen-bond donors (Lipinski definition) is 2. The van der Waals surface area contributed by atoms with Crippen LogP contribution in [-0.2, 0) is 0 Å². The molecule has 2 aromatic rings. The number of fused-ring (bicyclic) bond motifs is 1. The van der Waals surface area contributed by atoms with Gasteiger partial charge in [0.15, 0.2) is 0 Å². The Balaban J connectivity index is 0.00000200. The molecule has 9 heteroatoms. The quantitative estimate of drug-likeness (QED) is 0.794. The minimum Gasteiger partial charge on any atom is -0.349 e. The van der Waals surface area contributed by atoms with Crippen LogP contribution < -0.4 is 10.6 Å².